The van der Waals surface area contributed by atoms with Crippen molar-refractivity contribution in [1.29, 1.82) is 0 Å². The van der Waals surface area contributed by atoms with E-state index in [2.05, 4.69) is 10.5 Å². The van der Waals surface area contributed by atoms with E-state index in [1.54, 1.807) is 36.4 Å². The molecule has 2 aromatic rings. The predicted molar refractivity (Wildman–Crippen MR) is 100 cm³/mol. The van der Waals surface area contributed by atoms with Gasteiger partial charge in [0.05, 0.1) is 18.4 Å². The van der Waals surface area contributed by atoms with Gasteiger partial charge < -0.3 is 14.9 Å². The molecule has 2 rings (SSSR count). The van der Waals surface area contributed by atoms with Crippen molar-refractivity contribution in [1.82, 2.24) is 0 Å². The molecule has 0 saturated carbocycles. The molecular formula is C20H21FN2O4. The molecule has 1 amide bonds. The number of halogens is 1. The third kappa shape index (κ3) is 6.89. The van der Waals surface area contributed by atoms with Crippen molar-refractivity contribution >= 4 is 23.8 Å². The van der Waals surface area contributed by atoms with Crippen molar-refractivity contribution in [3.05, 3.63) is 65.5 Å². The van der Waals surface area contributed by atoms with Crippen molar-refractivity contribution in [2.24, 2.45) is 5.16 Å². The standard InChI is InChI=1S/C20H21FN2O4/c1-2-3-12-26-20(25)15-8-10-17(11-9-15)23-19(24)14-27-22-13-16-6-4-5-7-18(16)21/h4-11,13H,2-3,12,14H2,1H3,(H,23,24)/b22-13-. The second kappa shape index (κ2) is 10.7. The van der Waals surface area contributed by atoms with E-state index in [1.807, 2.05) is 6.92 Å². The third-order valence-corrected chi connectivity index (χ3v) is 3.50. The highest BCUT2D eigenvalue weighted by Crippen LogP contribution is 2.11. The van der Waals surface area contributed by atoms with Gasteiger partial charge in [0.15, 0.2) is 6.61 Å². The molecule has 0 aromatic heterocycles. The molecule has 7 heteroatoms. The fourth-order valence-electron chi connectivity index (χ4n) is 2.05. The van der Waals surface area contributed by atoms with Gasteiger partial charge in [-0.1, -0.05) is 36.7 Å². The van der Waals surface area contributed by atoms with E-state index in [9.17, 15) is 14.0 Å². The number of benzene rings is 2. The summed E-state index contributed by atoms with van der Waals surface area (Å²) in [5.41, 5.74) is 1.18. The second-order valence-corrected chi connectivity index (χ2v) is 5.64. The van der Waals surface area contributed by atoms with E-state index in [1.165, 1.54) is 18.3 Å². The van der Waals surface area contributed by atoms with Crippen LogP contribution < -0.4 is 5.32 Å². The maximum Gasteiger partial charge on any atom is 0.338 e. The number of carbonyl (C=O) groups excluding carboxylic acids is 2. The van der Waals surface area contributed by atoms with Crippen LogP contribution in [0.25, 0.3) is 0 Å². The van der Waals surface area contributed by atoms with Crippen LogP contribution in [0.3, 0.4) is 0 Å². The Hall–Kier alpha value is -3.22. The summed E-state index contributed by atoms with van der Waals surface area (Å²) < 4.78 is 18.5. The number of nitrogens with one attached hydrogen (secondary N) is 1. The Morgan fingerprint density at radius 3 is 2.59 bits per heavy atom. The van der Waals surface area contributed by atoms with Crippen LogP contribution >= 0.6 is 0 Å². The van der Waals surface area contributed by atoms with Crippen molar-refractivity contribution in [3.8, 4) is 0 Å². The molecule has 0 unspecified atom stereocenters. The first-order valence-corrected chi connectivity index (χ1v) is 8.57. The van der Waals surface area contributed by atoms with Gasteiger partial charge in [-0.2, -0.15) is 0 Å². The van der Waals surface area contributed by atoms with Gasteiger partial charge in [-0.15, -0.1) is 0 Å². The zero-order chi connectivity index (χ0) is 19.5. The largest absolute Gasteiger partial charge is 0.462 e. The summed E-state index contributed by atoms with van der Waals surface area (Å²) in [6.07, 6.45) is 2.96. The van der Waals surface area contributed by atoms with Crippen LogP contribution in [0.1, 0.15) is 35.7 Å². The predicted octanol–water partition coefficient (Wildman–Crippen LogP) is 3.77. The maximum atomic E-state index is 13.4. The zero-order valence-corrected chi connectivity index (χ0v) is 15.0. The molecule has 0 radical (unpaired) electrons. The smallest absolute Gasteiger partial charge is 0.338 e. The van der Waals surface area contributed by atoms with Gasteiger partial charge in [0.25, 0.3) is 5.91 Å². The molecule has 0 fully saturated rings. The summed E-state index contributed by atoms with van der Waals surface area (Å²) in [7, 11) is 0. The minimum Gasteiger partial charge on any atom is -0.462 e. The first-order chi connectivity index (χ1) is 13.1. The van der Waals surface area contributed by atoms with Crippen LogP contribution in [0.15, 0.2) is 53.7 Å². The minimum absolute atomic E-state index is 0.263. The summed E-state index contributed by atoms with van der Waals surface area (Å²) in [5.74, 6) is -1.26. The third-order valence-electron chi connectivity index (χ3n) is 3.50. The molecule has 0 aliphatic rings. The lowest BCUT2D eigenvalue weighted by Crippen LogP contribution is -2.17. The lowest BCUT2D eigenvalue weighted by atomic mass is 10.2. The Labute approximate surface area is 157 Å². The van der Waals surface area contributed by atoms with E-state index in [0.717, 1.165) is 12.8 Å². The van der Waals surface area contributed by atoms with Crippen LogP contribution in [0, 0.1) is 5.82 Å². The highest BCUT2D eigenvalue weighted by atomic mass is 19.1. The number of anilines is 1. The van der Waals surface area contributed by atoms with Crippen LogP contribution in [0.5, 0.6) is 0 Å². The topological polar surface area (TPSA) is 77.0 Å². The molecule has 0 saturated heterocycles. The summed E-state index contributed by atoms with van der Waals surface area (Å²) in [5, 5.41) is 6.18. The summed E-state index contributed by atoms with van der Waals surface area (Å²) in [4.78, 5) is 28.5. The quantitative estimate of drug-likeness (QED) is 0.315. The lowest BCUT2D eigenvalue weighted by Gasteiger charge is -2.06. The van der Waals surface area contributed by atoms with E-state index in [0.29, 0.717) is 17.9 Å². The molecule has 0 atom stereocenters. The second-order valence-electron chi connectivity index (χ2n) is 5.64. The molecule has 0 heterocycles. The minimum atomic E-state index is -0.432. The number of esters is 1. The Bertz CT molecular complexity index is 791. The molecule has 142 valence electrons. The number of hydrogen-bond donors (Lipinski definition) is 1. The molecule has 6 nitrogen and oxygen atoms in total. The average Bonchev–Trinajstić information content (AvgIpc) is 2.67. The first-order valence-electron chi connectivity index (χ1n) is 8.57. The number of ether oxygens (including phenoxy) is 1. The normalized spacial score (nSPS) is 10.6. The van der Waals surface area contributed by atoms with Crippen molar-refractivity contribution < 1.29 is 23.6 Å². The van der Waals surface area contributed by atoms with Crippen LogP contribution in [0.4, 0.5) is 10.1 Å². The number of oxime groups is 1. The Morgan fingerprint density at radius 2 is 1.89 bits per heavy atom. The number of unbranched alkanes of at least 4 members (excludes halogenated alkanes) is 1. The van der Waals surface area contributed by atoms with E-state index >= 15 is 0 Å². The highest BCUT2D eigenvalue weighted by Gasteiger charge is 2.08. The fraction of sp³-hybridized carbons (Fsp3) is 0.250. The fourth-order valence-corrected chi connectivity index (χ4v) is 2.05. The maximum absolute atomic E-state index is 13.4. The van der Waals surface area contributed by atoms with Crippen LogP contribution in [0.2, 0.25) is 0 Å². The monoisotopic (exact) mass is 372 g/mol. The van der Waals surface area contributed by atoms with Crippen LogP contribution in [-0.4, -0.2) is 31.3 Å². The van der Waals surface area contributed by atoms with E-state index in [4.69, 9.17) is 9.57 Å². The van der Waals surface area contributed by atoms with Gasteiger partial charge in [0.2, 0.25) is 0 Å². The summed E-state index contributed by atoms with van der Waals surface area (Å²) >= 11 is 0. The van der Waals surface area contributed by atoms with Gasteiger partial charge in [0.1, 0.15) is 5.82 Å². The zero-order valence-electron chi connectivity index (χ0n) is 15.0. The van der Waals surface area contributed by atoms with Crippen LogP contribution in [-0.2, 0) is 14.4 Å². The van der Waals surface area contributed by atoms with Gasteiger partial charge in [-0.3, -0.25) is 4.79 Å². The SMILES string of the molecule is CCCCOC(=O)c1ccc(NC(=O)CO/N=C\c2ccccc2F)cc1. The number of amides is 1. The van der Waals surface area contributed by atoms with Crippen molar-refractivity contribution in [3.63, 3.8) is 0 Å². The van der Waals surface area contributed by atoms with E-state index < -0.39 is 17.7 Å². The summed E-state index contributed by atoms with van der Waals surface area (Å²) in [6, 6.07) is 12.4. The van der Waals surface area contributed by atoms with E-state index in [-0.39, 0.29) is 12.2 Å². The Balaban J connectivity index is 1.77. The highest BCUT2D eigenvalue weighted by molar-refractivity contribution is 5.93. The number of nitrogens with zero attached hydrogens (tertiary/aromatic N) is 1. The molecule has 27 heavy (non-hydrogen) atoms. The van der Waals surface area contributed by atoms with Gasteiger partial charge in [-0.05, 0) is 36.8 Å². The molecule has 0 spiro atoms. The Morgan fingerprint density at radius 1 is 1.15 bits per heavy atom. The molecule has 0 aliphatic heterocycles. The summed E-state index contributed by atoms with van der Waals surface area (Å²) in [6.45, 7) is 2.07. The van der Waals surface area contributed by atoms with Crippen molar-refractivity contribution in [2.45, 2.75) is 19.8 Å². The molecule has 1 N–H and O–H groups in total. The lowest BCUT2D eigenvalue weighted by molar-refractivity contribution is -0.120. The molecule has 2 aromatic carbocycles. The number of carbonyl (C=O) groups is 2. The average molecular weight is 372 g/mol. The number of hydrogen-bond acceptors (Lipinski definition) is 5. The van der Waals surface area contributed by atoms with Gasteiger partial charge in [-0.25, -0.2) is 9.18 Å². The first kappa shape index (κ1) is 20.1. The Kier molecular flexibility index (Phi) is 7.96. The molecule has 0 bridgehead atoms. The molecule has 0 aliphatic carbocycles. The van der Waals surface area contributed by atoms with Gasteiger partial charge >= 0.3 is 5.97 Å². The van der Waals surface area contributed by atoms with Gasteiger partial charge in [0, 0.05) is 11.3 Å². The molecular weight excluding hydrogens is 351 g/mol. The number of rotatable bonds is 9. The van der Waals surface area contributed by atoms with Crippen molar-refractivity contribution in [2.75, 3.05) is 18.5 Å².